The van der Waals surface area contributed by atoms with E-state index in [0.29, 0.717) is 10.9 Å². The van der Waals surface area contributed by atoms with Crippen LogP contribution in [-0.2, 0) is 32.5 Å². The molecular formula is C24H25N3O8S. The van der Waals surface area contributed by atoms with Crippen molar-refractivity contribution in [1.29, 1.82) is 0 Å². The molecule has 0 bridgehead atoms. The average Bonchev–Trinajstić information content (AvgIpc) is 3.21. The largest absolute Gasteiger partial charge is 0.505 e. The molecule has 0 aliphatic carbocycles. The number of hydrogen-bond acceptors (Lipinski definition) is 11. The Kier molecular flexibility index (Phi) is 8.54. The molecule has 0 saturated heterocycles. The molecule has 190 valence electrons. The number of carbonyl (C=O) groups is 3. The SMILES string of the molecule is CCOC(=O)Cc1c(C(=O)OCC)sc(N=Nc2c(O)c3ccccc3n(C)c2=O)c1C(=O)OCC. The Morgan fingerprint density at radius 3 is 2.28 bits per heavy atom. The van der Waals surface area contributed by atoms with Gasteiger partial charge in [-0.15, -0.1) is 21.6 Å². The molecule has 12 heteroatoms. The lowest BCUT2D eigenvalue weighted by molar-refractivity contribution is -0.142. The van der Waals surface area contributed by atoms with E-state index in [1.165, 1.54) is 11.6 Å². The van der Waals surface area contributed by atoms with Crippen LogP contribution in [0.15, 0.2) is 39.3 Å². The Balaban J connectivity index is 2.22. The monoisotopic (exact) mass is 515 g/mol. The van der Waals surface area contributed by atoms with Gasteiger partial charge in [-0.3, -0.25) is 9.59 Å². The van der Waals surface area contributed by atoms with Crippen LogP contribution in [0.5, 0.6) is 5.75 Å². The number of nitrogens with zero attached hydrogens (tertiary/aromatic N) is 3. The van der Waals surface area contributed by atoms with E-state index in [4.69, 9.17) is 14.2 Å². The fraction of sp³-hybridized carbons (Fsp3) is 0.333. The second-order valence-electron chi connectivity index (χ2n) is 7.29. The van der Waals surface area contributed by atoms with Crippen LogP contribution in [0.4, 0.5) is 10.7 Å². The second-order valence-corrected chi connectivity index (χ2v) is 8.29. The fourth-order valence-corrected chi connectivity index (χ4v) is 4.49. The Hall–Kier alpha value is -4.06. The van der Waals surface area contributed by atoms with Crippen molar-refractivity contribution in [1.82, 2.24) is 4.57 Å². The summed E-state index contributed by atoms with van der Waals surface area (Å²) < 4.78 is 16.5. The molecule has 0 aliphatic heterocycles. The minimum Gasteiger partial charge on any atom is -0.505 e. The Labute approximate surface area is 209 Å². The second kappa shape index (κ2) is 11.6. The Morgan fingerprint density at radius 2 is 1.61 bits per heavy atom. The summed E-state index contributed by atoms with van der Waals surface area (Å²) in [7, 11) is 1.52. The lowest BCUT2D eigenvalue weighted by Crippen LogP contribution is -2.16. The summed E-state index contributed by atoms with van der Waals surface area (Å²) in [5, 5.41) is 19.0. The van der Waals surface area contributed by atoms with Gasteiger partial charge >= 0.3 is 17.9 Å². The molecule has 11 nitrogen and oxygen atoms in total. The zero-order valence-electron chi connectivity index (χ0n) is 20.2. The number of esters is 3. The molecule has 0 unspecified atom stereocenters. The number of fused-ring (bicyclic) bond motifs is 1. The lowest BCUT2D eigenvalue weighted by Gasteiger charge is -2.08. The van der Waals surface area contributed by atoms with Gasteiger partial charge in [0.05, 0.1) is 31.8 Å². The molecular weight excluding hydrogens is 490 g/mol. The molecule has 0 atom stereocenters. The molecule has 1 aromatic carbocycles. The van der Waals surface area contributed by atoms with Gasteiger partial charge in [-0.1, -0.05) is 12.1 Å². The first kappa shape index (κ1) is 26.5. The molecule has 0 spiro atoms. The van der Waals surface area contributed by atoms with Crippen LogP contribution >= 0.6 is 11.3 Å². The van der Waals surface area contributed by atoms with Gasteiger partial charge in [0.15, 0.2) is 16.4 Å². The van der Waals surface area contributed by atoms with E-state index in [-0.39, 0.29) is 52.3 Å². The highest BCUT2D eigenvalue weighted by atomic mass is 32.1. The number of benzene rings is 1. The molecule has 0 saturated carbocycles. The molecule has 36 heavy (non-hydrogen) atoms. The molecule has 0 aliphatic rings. The molecule has 0 amide bonds. The standard InChI is InChI=1S/C24H25N3O8S/c1-5-33-16(28)12-14-17(23(31)34-6-2)21(36-20(14)24(32)35-7-3)26-25-18-19(29)13-10-8-9-11-15(13)27(4)22(18)30/h8-11,29H,5-7,12H2,1-4H3. The third-order valence-corrected chi connectivity index (χ3v) is 6.14. The van der Waals surface area contributed by atoms with Crippen molar-refractivity contribution in [2.75, 3.05) is 19.8 Å². The van der Waals surface area contributed by atoms with Crippen LogP contribution in [0.1, 0.15) is 46.4 Å². The van der Waals surface area contributed by atoms with Crippen LogP contribution in [0, 0.1) is 0 Å². The van der Waals surface area contributed by atoms with Crippen LogP contribution in [-0.4, -0.2) is 47.4 Å². The summed E-state index contributed by atoms with van der Waals surface area (Å²) >= 11 is 0.753. The minimum absolute atomic E-state index is 0.0187. The number of azo groups is 1. The highest BCUT2D eigenvalue weighted by molar-refractivity contribution is 7.18. The van der Waals surface area contributed by atoms with E-state index in [9.17, 15) is 24.3 Å². The van der Waals surface area contributed by atoms with E-state index in [1.807, 2.05) is 0 Å². The van der Waals surface area contributed by atoms with Crippen molar-refractivity contribution in [3.63, 3.8) is 0 Å². The Morgan fingerprint density at radius 1 is 0.972 bits per heavy atom. The predicted octanol–water partition coefficient (Wildman–Crippen LogP) is 4.18. The number of aromatic hydroxyl groups is 1. The number of aromatic nitrogens is 1. The van der Waals surface area contributed by atoms with Crippen LogP contribution in [0.25, 0.3) is 10.9 Å². The minimum atomic E-state index is -0.840. The van der Waals surface area contributed by atoms with Crippen molar-refractivity contribution in [3.05, 3.63) is 50.6 Å². The summed E-state index contributed by atoms with van der Waals surface area (Å²) in [5.41, 5.74) is -0.632. The number of aryl methyl sites for hydroxylation is 1. The smallest absolute Gasteiger partial charge is 0.348 e. The summed E-state index contributed by atoms with van der Waals surface area (Å²) in [6.45, 7) is 5.01. The van der Waals surface area contributed by atoms with Crippen LogP contribution < -0.4 is 5.56 Å². The number of carbonyl (C=O) groups excluding carboxylic acids is 3. The van der Waals surface area contributed by atoms with Gasteiger partial charge < -0.3 is 23.9 Å². The van der Waals surface area contributed by atoms with Gasteiger partial charge in [-0.25, -0.2) is 9.59 Å². The molecule has 2 aromatic heterocycles. The summed E-state index contributed by atoms with van der Waals surface area (Å²) in [6, 6.07) is 6.71. The van der Waals surface area contributed by atoms with Crippen molar-refractivity contribution >= 4 is 50.8 Å². The summed E-state index contributed by atoms with van der Waals surface area (Å²) in [5.74, 6) is -2.66. The number of thiophene rings is 1. The zero-order chi connectivity index (χ0) is 26.4. The number of pyridine rings is 1. The van der Waals surface area contributed by atoms with Crippen molar-refractivity contribution in [3.8, 4) is 5.75 Å². The Bertz CT molecular complexity index is 1410. The van der Waals surface area contributed by atoms with E-state index in [1.54, 1.807) is 45.0 Å². The summed E-state index contributed by atoms with van der Waals surface area (Å²) in [4.78, 5) is 50.6. The molecule has 3 aromatic rings. The van der Waals surface area contributed by atoms with Gasteiger partial charge in [0.2, 0.25) is 0 Å². The van der Waals surface area contributed by atoms with Crippen LogP contribution in [0.2, 0.25) is 0 Å². The third-order valence-electron chi connectivity index (χ3n) is 5.05. The maximum atomic E-state index is 12.9. The lowest BCUT2D eigenvalue weighted by atomic mass is 10.1. The highest BCUT2D eigenvalue weighted by Gasteiger charge is 2.31. The molecule has 0 radical (unpaired) electrons. The quantitative estimate of drug-likeness (QED) is 0.254. The van der Waals surface area contributed by atoms with E-state index >= 15 is 0 Å². The van der Waals surface area contributed by atoms with Gasteiger partial charge in [0.1, 0.15) is 10.4 Å². The topological polar surface area (TPSA) is 146 Å². The zero-order valence-corrected chi connectivity index (χ0v) is 21.0. The predicted molar refractivity (Wildman–Crippen MR) is 132 cm³/mol. The highest BCUT2D eigenvalue weighted by Crippen LogP contribution is 2.39. The first-order valence-corrected chi connectivity index (χ1v) is 11.9. The van der Waals surface area contributed by atoms with Crippen molar-refractivity contribution in [2.24, 2.45) is 17.3 Å². The summed E-state index contributed by atoms with van der Waals surface area (Å²) in [6.07, 6.45) is -0.412. The first-order chi connectivity index (χ1) is 17.2. The average molecular weight is 516 g/mol. The first-order valence-electron chi connectivity index (χ1n) is 11.1. The number of rotatable bonds is 9. The van der Waals surface area contributed by atoms with Gasteiger partial charge in [0.25, 0.3) is 5.56 Å². The molecule has 3 rings (SSSR count). The van der Waals surface area contributed by atoms with Gasteiger partial charge in [0, 0.05) is 18.0 Å². The van der Waals surface area contributed by atoms with E-state index in [2.05, 4.69) is 10.2 Å². The molecule has 2 heterocycles. The van der Waals surface area contributed by atoms with Crippen LogP contribution in [0.3, 0.4) is 0 Å². The number of ether oxygens (including phenoxy) is 3. The maximum absolute atomic E-state index is 12.9. The van der Waals surface area contributed by atoms with Gasteiger partial charge in [-0.05, 0) is 32.9 Å². The van der Waals surface area contributed by atoms with E-state index < -0.39 is 29.9 Å². The maximum Gasteiger partial charge on any atom is 0.348 e. The molecule has 1 N–H and O–H groups in total. The van der Waals surface area contributed by atoms with Crippen molar-refractivity contribution < 1.29 is 33.7 Å². The van der Waals surface area contributed by atoms with Crippen molar-refractivity contribution in [2.45, 2.75) is 27.2 Å². The number of hydrogen-bond donors (Lipinski definition) is 1. The number of para-hydroxylation sites is 1. The van der Waals surface area contributed by atoms with E-state index in [0.717, 1.165) is 11.3 Å². The third kappa shape index (κ3) is 5.28. The van der Waals surface area contributed by atoms with Gasteiger partial charge in [-0.2, -0.15) is 0 Å². The molecule has 0 fully saturated rings. The normalized spacial score (nSPS) is 11.1. The fourth-order valence-electron chi connectivity index (χ4n) is 3.47.